The molecule has 1 N–H and O–H groups in total. The van der Waals surface area contributed by atoms with E-state index in [1.807, 2.05) is 0 Å². The van der Waals surface area contributed by atoms with Crippen LogP contribution in [0.2, 0.25) is 5.02 Å². The lowest BCUT2D eigenvalue weighted by Gasteiger charge is -2.11. The van der Waals surface area contributed by atoms with Gasteiger partial charge in [0.15, 0.2) is 6.29 Å². The van der Waals surface area contributed by atoms with Gasteiger partial charge in [0.05, 0.1) is 16.1 Å². The first-order valence-corrected chi connectivity index (χ1v) is 7.02. The van der Waals surface area contributed by atoms with E-state index in [0.717, 1.165) is 0 Å². The third-order valence-corrected chi connectivity index (χ3v) is 3.76. The summed E-state index contributed by atoms with van der Waals surface area (Å²) < 4.78 is 6.20. The smallest absolute Gasteiger partial charge is 0.153 e. The fraction of sp³-hybridized carbons (Fsp3) is 0.0667. The highest BCUT2D eigenvalue weighted by molar-refractivity contribution is 9.10. The lowest BCUT2D eigenvalue weighted by Crippen LogP contribution is -2.00. The van der Waals surface area contributed by atoms with E-state index < -0.39 is 0 Å². The van der Waals surface area contributed by atoms with Crippen LogP contribution in [-0.4, -0.2) is 11.4 Å². The molecule has 2 aromatic carbocycles. The van der Waals surface area contributed by atoms with Gasteiger partial charge in [-0.1, -0.05) is 23.7 Å². The van der Waals surface area contributed by atoms with Gasteiger partial charge in [-0.2, -0.15) is 5.26 Å². The molecular formula is C15H9BrClNO3. The third-order valence-electron chi connectivity index (χ3n) is 2.80. The van der Waals surface area contributed by atoms with Gasteiger partial charge in [-0.25, -0.2) is 0 Å². The standard InChI is InChI=1S/C15H9BrClNO3/c16-12-3-1-2-9(11(12)6-18)8-21-15-5-14(20)10(7-19)4-13(15)17/h1-5,7,20H,8H2. The summed E-state index contributed by atoms with van der Waals surface area (Å²) in [6, 6.07) is 10.0. The number of halogens is 2. The Morgan fingerprint density at radius 2 is 2.19 bits per heavy atom. The first-order chi connectivity index (χ1) is 10.1. The van der Waals surface area contributed by atoms with Crippen LogP contribution in [0.25, 0.3) is 0 Å². The molecule has 0 heterocycles. The quantitative estimate of drug-likeness (QED) is 0.828. The van der Waals surface area contributed by atoms with Gasteiger partial charge in [-0.15, -0.1) is 0 Å². The number of phenols is 1. The number of benzene rings is 2. The second-order valence-electron chi connectivity index (χ2n) is 4.13. The predicted molar refractivity (Wildman–Crippen MR) is 81.7 cm³/mol. The van der Waals surface area contributed by atoms with Gasteiger partial charge >= 0.3 is 0 Å². The third kappa shape index (κ3) is 3.35. The largest absolute Gasteiger partial charge is 0.507 e. The average Bonchev–Trinajstić information content (AvgIpc) is 2.47. The van der Waals surface area contributed by atoms with Crippen LogP contribution < -0.4 is 4.74 Å². The Morgan fingerprint density at radius 3 is 2.86 bits per heavy atom. The highest BCUT2D eigenvalue weighted by Crippen LogP contribution is 2.32. The molecule has 0 aliphatic carbocycles. The molecule has 0 fully saturated rings. The van der Waals surface area contributed by atoms with Crippen molar-refractivity contribution in [1.29, 1.82) is 5.26 Å². The Bertz CT molecular complexity index is 740. The maximum Gasteiger partial charge on any atom is 0.153 e. The van der Waals surface area contributed by atoms with E-state index in [0.29, 0.717) is 21.9 Å². The van der Waals surface area contributed by atoms with Gasteiger partial charge in [0.25, 0.3) is 0 Å². The number of hydrogen-bond donors (Lipinski definition) is 1. The predicted octanol–water partition coefficient (Wildman–Crippen LogP) is 4.07. The van der Waals surface area contributed by atoms with Gasteiger partial charge < -0.3 is 9.84 Å². The summed E-state index contributed by atoms with van der Waals surface area (Å²) >= 11 is 9.28. The molecule has 0 saturated heterocycles. The normalized spacial score (nSPS) is 9.95. The van der Waals surface area contributed by atoms with E-state index in [9.17, 15) is 9.90 Å². The number of aldehydes is 1. The number of nitrogens with zero attached hydrogens (tertiary/aromatic N) is 1. The van der Waals surface area contributed by atoms with Crippen LogP contribution in [0.15, 0.2) is 34.8 Å². The van der Waals surface area contributed by atoms with Gasteiger partial charge in [0, 0.05) is 16.1 Å². The van der Waals surface area contributed by atoms with Crippen LogP contribution in [0.1, 0.15) is 21.5 Å². The SMILES string of the molecule is N#Cc1c(Br)cccc1COc1cc(O)c(C=O)cc1Cl. The Morgan fingerprint density at radius 1 is 1.43 bits per heavy atom. The number of ether oxygens (including phenoxy) is 1. The average molecular weight is 367 g/mol. The number of phenolic OH excluding ortho intramolecular Hbond substituents is 1. The minimum Gasteiger partial charge on any atom is -0.507 e. The van der Waals surface area contributed by atoms with Crippen molar-refractivity contribution in [3.63, 3.8) is 0 Å². The highest BCUT2D eigenvalue weighted by Gasteiger charge is 2.11. The Kier molecular flexibility index (Phi) is 4.84. The van der Waals surface area contributed by atoms with E-state index in [1.54, 1.807) is 18.2 Å². The highest BCUT2D eigenvalue weighted by atomic mass is 79.9. The molecule has 0 saturated carbocycles. The maximum atomic E-state index is 10.7. The number of hydrogen-bond acceptors (Lipinski definition) is 4. The molecule has 0 aliphatic rings. The molecule has 0 unspecified atom stereocenters. The lowest BCUT2D eigenvalue weighted by molar-refractivity contribution is 0.112. The van der Waals surface area contributed by atoms with Crippen molar-refractivity contribution in [3.05, 3.63) is 56.5 Å². The van der Waals surface area contributed by atoms with Crippen LogP contribution in [0.5, 0.6) is 11.5 Å². The number of carbonyl (C=O) groups excluding carboxylic acids is 1. The summed E-state index contributed by atoms with van der Waals surface area (Å²) in [5, 5.41) is 19.0. The van der Waals surface area contributed by atoms with Gasteiger partial charge in [-0.3, -0.25) is 4.79 Å². The van der Waals surface area contributed by atoms with E-state index in [2.05, 4.69) is 22.0 Å². The van der Waals surface area contributed by atoms with Crippen molar-refractivity contribution in [2.24, 2.45) is 0 Å². The summed E-state index contributed by atoms with van der Waals surface area (Å²) in [6.07, 6.45) is 0.507. The Labute approximate surface area is 134 Å². The van der Waals surface area contributed by atoms with Crippen LogP contribution in [0.4, 0.5) is 0 Å². The molecule has 6 heteroatoms. The molecule has 0 bridgehead atoms. The summed E-state index contributed by atoms with van der Waals surface area (Å²) in [5.41, 5.74) is 1.25. The Hall–Kier alpha value is -2.03. The molecule has 4 nitrogen and oxygen atoms in total. The van der Waals surface area contributed by atoms with Crippen LogP contribution in [-0.2, 0) is 6.61 Å². The zero-order chi connectivity index (χ0) is 15.4. The second-order valence-corrected chi connectivity index (χ2v) is 5.40. The first-order valence-electron chi connectivity index (χ1n) is 5.84. The molecule has 2 rings (SSSR count). The fourth-order valence-corrected chi connectivity index (χ4v) is 2.46. The molecule has 0 amide bonds. The van der Waals surface area contributed by atoms with E-state index >= 15 is 0 Å². The molecule has 106 valence electrons. The molecule has 2 aromatic rings. The molecule has 0 radical (unpaired) electrons. The van der Waals surface area contributed by atoms with E-state index in [-0.39, 0.29) is 28.7 Å². The van der Waals surface area contributed by atoms with Crippen molar-refractivity contribution in [2.45, 2.75) is 6.61 Å². The van der Waals surface area contributed by atoms with Crippen molar-refractivity contribution in [3.8, 4) is 17.6 Å². The zero-order valence-electron chi connectivity index (χ0n) is 10.6. The van der Waals surface area contributed by atoms with E-state index in [1.165, 1.54) is 12.1 Å². The van der Waals surface area contributed by atoms with E-state index in [4.69, 9.17) is 21.6 Å². The van der Waals surface area contributed by atoms with Crippen molar-refractivity contribution < 1.29 is 14.6 Å². The van der Waals surface area contributed by atoms with Crippen LogP contribution in [0, 0.1) is 11.3 Å². The molecular weight excluding hydrogens is 358 g/mol. The van der Waals surface area contributed by atoms with Gasteiger partial charge in [-0.05, 0) is 28.1 Å². The summed E-state index contributed by atoms with van der Waals surface area (Å²) in [5.74, 6) is 0.0304. The minimum atomic E-state index is -0.209. The summed E-state index contributed by atoms with van der Waals surface area (Å²) in [7, 11) is 0. The fourth-order valence-electron chi connectivity index (χ4n) is 1.73. The summed E-state index contributed by atoms with van der Waals surface area (Å²) in [6.45, 7) is 0.113. The molecule has 0 spiro atoms. The van der Waals surface area contributed by atoms with Crippen molar-refractivity contribution in [1.82, 2.24) is 0 Å². The summed E-state index contributed by atoms with van der Waals surface area (Å²) in [4.78, 5) is 10.7. The lowest BCUT2D eigenvalue weighted by atomic mass is 10.1. The van der Waals surface area contributed by atoms with Crippen LogP contribution in [0.3, 0.4) is 0 Å². The number of rotatable bonds is 4. The van der Waals surface area contributed by atoms with Crippen molar-refractivity contribution in [2.75, 3.05) is 0 Å². The van der Waals surface area contributed by atoms with Crippen LogP contribution >= 0.6 is 27.5 Å². The Balaban J connectivity index is 2.25. The van der Waals surface area contributed by atoms with Gasteiger partial charge in [0.2, 0.25) is 0 Å². The number of carbonyl (C=O) groups is 1. The molecule has 0 atom stereocenters. The topological polar surface area (TPSA) is 70.3 Å². The second kappa shape index (κ2) is 6.61. The minimum absolute atomic E-state index is 0.0903. The molecule has 21 heavy (non-hydrogen) atoms. The first kappa shape index (κ1) is 15.4. The number of aromatic hydroxyl groups is 1. The van der Waals surface area contributed by atoms with Gasteiger partial charge in [0.1, 0.15) is 24.2 Å². The maximum absolute atomic E-state index is 10.7. The zero-order valence-corrected chi connectivity index (χ0v) is 13.0. The molecule has 0 aromatic heterocycles. The molecule has 0 aliphatic heterocycles. The number of nitriles is 1. The monoisotopic (exact) mass is 365 g/mol. The van der Waals surface area contributed by atoms with Crippen molar-refractivity contribution >= 4 is 33.8 Å².